The Morgan fingerprint density at radius 3 is 2.88 bits per heavy atom. The Morgan fingerprint density at radius 1 is 1.53 bits per heavy atom. The summed E-state index contributed by atoms with van der Waals surface area (Å²) in [6.45, 7) is 5.12. The van der Waals surface area contributed by atoms with Gasteiger partial charge in [0, 0.05) is 30.5 Å². The van der Waals surface area contributed by atoms with Gasteiger partial charge in [-0.15, -0.1) is 0 Å². The molecule has 4 nitrogen and oxygen atoms in total. The highest BCUT2D eigenvalue weighted by atomic mass is 16.5. The molecule has 0 saturated carbocycles. The summed E-state index contributed by atoms with van der Waals surface area (Å²) in [6, 6.07) is 3.89. The summed E-state index contributed by atoms with van der Waals surface area (Å²) in [5.74, 6) is 0.655. The highest BCUT2D eigenvalue weighted by Gasteiger charge is 2.20. The largest absolute Gasteiger partial charge is 0.481 e. The summed E-state index contributed by atoms with van der Waals surface area (Å²) in [7, 11) is 1.62. The molecule has 96 valence electrons. The van der Waals surface area contributed by atoms with Crippen molar-refractivity contribution in [2.24, 2.45) is 0 Å². The van der Waals surface area contributed by atoms with Crippen LogP contribution in [0.1, 0.15) is 32.3 Å². The summed E-state index contributed by atoms with van der Waals surface area (Å²) >= 11 is 0. The zero-order valence-electron chi connectivity index (χ0n) is 10.9. The Bertz CT molecular complexity index is 344. The second-order valence-corrected chi connectivity index (χ2v) is 4.41. The molecule has 1 rings (SSSR count). The van der Waals surface area contributed by atoms with Crippen LogP contribution in [0.15, 0.2) is 18.3 Å². The molecule has 17 heavy (non-hydrogen) atoms. The Labute approximate surface area is 103 Å². The van der Waals surface area contributed by atoms with Gasteiger partial charge in [0.1, 0.15) is 0 Å². The van der Waals surface area contributed by atoms with Crippen LogP contribution in [0.5, 0.6) is 5.88 Å². The first-order chi connectivity index (χ1) is 8.15. The molecule has 0 aliphatic carbocycles. The highest BCUT2D eigenvalue weighted by molar-refractivity contribution is 5.25. The maximum absolute atomic E-state index is 9.05. The van der Waals surface area contributed by atoms with Crippen LogP contribution < -0.4 is 10.1 Å². The average molecular weight is 238 g/mol. The van der Waals surface area contributed by atoms with Crippen LogP contribution in [-0.4, -0.2) is 29.3 Å². The average Bonchev–Trinajstić information content (AvgIpc) is 2.37. The van der Waals surface area contributed by atoms with E-state index in [1.165, 1.54) is 0 Å². The van der Waals surface area contributed by atoms with Gasteiger partial charge in [0.05, 0.1) is 7.11 Å². The van der Waals surface area contributed by atoms with E-state index in [0.29, 0.717) is 12.4 Å². The molecule has 1 aromatic rings. The number of aliphatic hydroxyl groups excluding tert-OH is 1. The number of hydrogen-bond acceptors (Lipinski definition) is 4. The molecule has 0 aromatic carbocycles. The number of ether oxygens (including phenoxy) is 1. The lowest BCUT2D eigenvalue weighted by molar-refractivity contribution is 0.214. The SMILES string of the molecule is CCC(C)(CCO)NCc1cccnc1OC. The molecule has 0 radical (unpaired) electrons. The summed E-state index contributed by atoms with van der Waals surface area (Å²) in [6.07, 6.45) is 3.43. The van der Waals surface area contributed by atoms with Crippen LogP contribution in [-0.2, 0) is 6.54 Å². The third kappa shape index (κ3) is 3.98. The third-order valence-electron chi connectivity index (χ3n) is 3.19. The van der Waals surface area contributed by atoms with E-state index >= 15 is 0 Å². The van der Waals surface area contributed by atoms with Crippen LogP contribution in [0.4, 0.5) is 0 Å². The van der Waals surface area contributed by atoms with Crippen molar-refractivity contribution in [1.82, 2.24) is 10.3 Å². The van der Waals surface area contributed by atoms with Crippen molar-refractivity contribution >= 4 is 0 Å². The molecule has 4 heteroatoms. The van der Waals surface area contributed by atoms with E-state index in [-0.39, 0.29) is 12.1 Å². The van der Waals surface area contributed by atoms with Crippen molar-refractivity contribution in [3.8, 4) is 5.88 Å². The van der Waals surface area contributed by atoms with Gasteiger partial charge in [-0.25, -0.2) is 4.98 Å². The molecule has 0 amide bonds. The van der Waals surface area contributed by atoms with Gasteiger partial charge in [-0.05, 0) is 25.8 Å². The maximum atomic E-state index is 9.05. The van der Waals surface area contributed by atoms with Gasteiger partial charge in [0.25, 0.3) is 0 Å². The van der Waals surface area contributed by atoms with E-state index < -0.39 is 0 Å². The van der Waals surface area contributed by atoms with Crippen molar-refractivity contribution in [2.75, 3.05) is 13.7 Å². The van der Waals surface area contributed by atoms with Crippen LogP contribution in [0.3, 0.4) is 0 Å². The number of hydrogen-bond donors (Lipinski definition) is 2. The van der Waals surface area contributed by atoms with Crippen molar-refractivity contribution in [3.05, 3.63) is 23.9 Å². The Balaban J connectivity index is 2.65. The van der Waals surface area contributed by atoms with E-state index in [1.54, 1.807) is 13.3 Å². The van der Waals surface area contributed by atoms with Crippen LogP contribution in [0, 0.1) is 0 Å². The normalized spacial score (nSPS) is 14.4. The number of rotatable bonds is 7. The summed E-state index contributed by atoms with van der Waals surface area (Å²) in [5, 5.41) is 12.5. The van der Waals surface area contributed by atoms with E-state index in [2.05, 4.69) is 24.1 Å². The number of nitrogens with zero attached hydrogens (tertiary/aromatic N) is 1. The van der Waals surface area contributed by atoms with Crippen LogP contribution in [0.25, 0.3) is 0 Å². The predicted octanol–water partition coefficient (Wildman–Crippen LogP) is 1.73. The number of pyridine rings is 1. The molecule has 0 saturated heterocycles. The molecule has 0 fully saturated rings. The molecule has 1 heterocycles. The summed E-state index contributed by atoms with van der Waals surface area (Å²) in [5.41, 5.74) is 0.989. The van der Waals surface area contributed by atoms with Crippen molar-refractivity contribution in [1.29, 1.82) is 0 Å². The quantitative estimate of drug-likeness (QED) is 0.759. The second-order valence-electron chi connectivity index (χ2n) is 4.41. The zero-order chi connectivity index (χ0) is 12.7. The molecule has 0 spiro atoms. The van der Waals surface area contributed by atoms with Gasteiger partial charge in [0.2, 0.25) is 5.88 Å². The topological polar surface area (TPSA) is 54.4 Å². The minimum atomic E-state index is -0.0460. The second kappa shape index (κ2) is 6.57. The van der Waals surface area contributed by atoms with E-state index in [4.69, 9.17) is 9.84 Å². The number of aromatic nitrogens is 1. The van der Waals surface area contributed by atoms with Gasteiger partial charge in [-0.1, -0.05) is 13.0 Å². The molecule has 0 bridgehead atoms. The number of methoxy groups -OCH3 is 1. The van der Waals surface area contributed by atoms with Gasteiger partial charge < -0.3 is 15.2 Å². The Morgan fingerprint density at radius 2 is 2.29 bits per heavy atom. The molecule has 2 N–H and O–H groups in total. The summed E-state index contributed by atoms with van der Waals surface area (Å²) in [4.78, 5) is 4.16. The molecule has 1 atom stereocenters. The molecule has 1 unspecified atom stereocenters. The summed E-state index contributed by atoms with van der Waals surface area (Å²) < 4.78 is 5.20. The lowest BCUT2D eigenvalue weighted by Crippen LogP contribution is -2.42. The number of aliphatic hydroxyl groups is 1. The van der Waals surface area contributed by atoms with E-state index in [0.717, 1.165) is 18.4 Å². The first-order valence-electron chi connectivity index (χ1n) is 5.99. The Hall–Kier alpha value is -1.13. The van der Waals surface area contributed by atoms with Crippen molar-refractivity contribution < 1.29 is 9.84 Å². The standard InChI is InChI=1S/C13H22N2O2/c1-4-13(2,7-9-16)15-10-11-6-5-8-14-12(11)17-3/h5-6,8,15-16H,4,7,9-10H2,1-3H3. The van der Waals surface area contributed by atoms with Gasteiger partial charge in [-0.2, -0.15) is 0 Å². The van der Waals surface area contributed by atoms with Gasteiger partial charge in [0.15, 0.2) is 0 Å². The van der Waals surface area contributed by atoms with Crippen molar-refractivity contribution in [3.63, 3.8) is 0 Å². The lowest BCUT2D eigenvalue weighted by Gasteiger charge is -2.29. The molecular formula is C13H22N2O2. The first kappa shape index (κ1) is 13.9. The van der Waals surface area contributed by atoms with Crippen molar-refractivity contribution in [2.45, 2.75) is 38.8 Å². The maximum Gasteiger partial charge on any atom is 0.217 e. The van der Waals surface area contributed by atoms with Crippen LogP contribution in [0.2, 0.25) is 0 Å². The molecule has 0 aliphatic heterocycles. The Kier molecular flexibility index (Phi) is 5.38. The fraction of sp³-hybridized carbons (Fsp3) is 0.615. The minimum absolute atomic E-state index is 0.0460. The van der Waals surface area contributed by atoms with Crippen LogP contribution >= 0.6 is 0 Å². The monoisotopic (exact) mass is 238 g/mol. The predicted molar refractivity (Wildman–Crippen MR) is 68.0 cm³/mol. The fourth-order valence-electron chi connectivity index (χ4n) is 1.69. The molecular weight excluding hydrogens is 216 g/mol. The minimum Gasteiger partial charge on any atom is -0.481 e. The highest BCUT2D eigenvalue weighted by Crippen LogP contribution is 2.18. The smallest absolute Gasteiger partial charge is 0.217 e. The zero-order valence-corrected chi connectivity index (χ0v) is 10.9. The van der Waals surface area contributed by atoms with Gasteiger partial charge in [-0.3, -0.25) is 0 Å². The molecule has 0 aliphatic rings. The third-order valence-corrected chi connectivity index (χ3v) is 3.19. The van der Waals surface area contributed by atoms with E-state index in [9.17, 15) is 0 Å². The van der Waals surface area contributed by atoms with Gasteiger partial charge >= 0.3 is 0 Å². The lowest BCUT2D eigenvalue weighted by atomic mass is 9.94. The molecule has 1 aromatic heterocycles. The first-order valence-corrected chi connectivity index (χ1v) is 5.99. The van der Waals surface area contributed by atoms with E-state index in [1.807, 2.05) is 12.1 Å². The number of nitrogens with one attached hydrogen (secondary N) is 1. The fourth-order valence-corrected chi connectivity index (χ4v) is 1.69.